The SMILES string of the molecule is C[C@H]1[C@@H](c2ccc(F)c(F)c2O[C@H]2C[C@@H](O)C2)[C@H](C(=O)Nc2ccn3cnnc3c2)O[C@@]1(C)C(F)(F)F. The first-order valence-electron chi connectivity index (χ1n) is 11.6. The fraction of sp³-hybridized carbons (Fsp3) is 0.458. The van der Waals surface area contributed by atoms with Crippen LogP contribution in [0.4, 0.5) is 27.6 Å². The van der Waals surface area contributed by atoms with Gasteiger partial charge in [0.1, 0.15) is 18.5 Å². The lowest BCUT2D eigenvalue weighted by atomic mass is 9.76. The number of benzene rings is 1. The van der Waals surface area contributed by atoms with E-state index in [4.69, 9.17) is 9.47 Å². The van der Waals surface area contributed by atoms with Crippen molar-refractivity contribution in [3.63, 3.8) is 0 Å². The highest BCUT2D eigenvalue weighted by Crippen LogP contribution is 2.55. The number of ether oxygens (including phenoxy) is 2. The van der Waals surface area contributed by atoms with Crippen molar-refractivity contribution in [2.75, 3.05) is 5.32 Å². The van der Waals surface area contributed by atoms with Gasteiger partial charge in [0.15, 0.2) is 22.8 Å². The minimum absolute atomic E-state index is 0.131. The molecule has 2 fully saturated rings. The van der Waals surface area contributed by atoms with Crippen LogP contribution >= 0.6 is 0 Å². The molecule has 5 rings (SSSR count). The largest absolute Gasteiger partial charge is 0.487 e. The van der Waals surface area contributed by atoms with Crippen LogP contribution in [0.2, 0.25) is 0 Å². The molecule has 3 aromatic rings. The van der Waals surface area contributed by atoms with Gasteiger partial charge < -0.3 is 19.9 Å². The van der Waals surface area contributed by atoms with Gasteiger partial charge in [0, 0.05) is 48.2 Å². The summed E-state index contributed by atoms with van der Waals surface area (Å²) in [5, 5.41) is 19.7. The van der Waals surface area contributed by atoms with Crippen molar-refractivity contribution >= 4 is 17.2 Å². The Balaban J connectivity index is 1.54. The Morgan fingerprint density at radius 1 is 1.27 bits per heavy atom. The Morgan fingerprint density at radius 3 is 2.68 bits per heavy atom. The number of nitrogens with zero attached hydrogens (tertiary/aromatic N) is 3. The van der Waals surface area contributed by atoms with E-state index >= 15 is 0 Å². The number of carbonyl (C=O) groups is 1. The van der Waals surface area contributed by atoms with Crippen molar-refractivity contribution in [3.8, 4) is 5.75 Å². The lowest BCUT2D eigenvalue weighted by Gasteiger charge is -2.34. The maximum Gasteiger partial charge on any atom is 0.417 e. The van der Waals surface area contributed by atoms with Crippen molar-refractivity contribution in [2.45, 2.75) is 62.7 Å². The molecular formula is C24H23F5N4O4. The van der Waals surface area contributed by atoms with Crippen LogP contribution in [-0.4, -0.2) is 55.7 Å². The summed E-state index contributed by atoms with van der Waals surface area (Å²) in [6.45, 7) is 2.06. The number of alkyl halides is 3. The molecule has 0 radical (unpaired) electrons. The molecule has 2 N–H and O–H groups in total. The van der Waals surface area contributed by atoms with Gasteiger partial charge in [0.2, 0.25) is 5.82 Å². The fourth-order valence-electron chi connectivity index (χ4n) is 4.86. The number of pyridine rings is 1. The molecule has 1 aromatic carbocycles. The van der Waals surface area contributed by atoms with Gasteiger partial charge in [-0.15, -0.1) is 10.2 Å². The standard InChI is InChI=1S/C24H23F5N4O4/c1-11-18(15-3-4-16(25)19(26)20(15)36-14-8-13(34)9-14)21(37-23(11,2)24(27,28)29)22(35)31-12-5-6-33-10-30-32-17(33)7-12/h3-7,10-11,13-14,18,21,34H,8-9H2,1-2H3,(H,31,35)/t11-,13-,14+,18-,21+,23+/m0/s1. The van der Waals surface area contributed by atoms with E-state index in [1.807, 2.05) is 0 Å². The van der Waals surface area contributed by atoms with Crippen LogP contribution in [0, 0.1) is 17.6 Å². The Bertz CT molecular complexity index is 1340. The lowest BCUT2D eigenvalue weighted by Crippen LogP contribution is -2.47. The lowest BCUT2D eigenvalue weighted by molar-refractivity contribution is -0.272. The molecule has 0 spiro atoms. The Hall–Kier alpha value is -3.32. The highest BCUT2D eigenvalue weighted by atomic mass is 19.4. The molecule has 198 valence electrons. The molecule has 37 heavy (non-hydrogen) atoms. The zero-order valence-corrected chi connectivity index (χ0v) is 19.7. The van der Waals surface area contributed by atoms with Crippen LogP contribution < -0.4 is 10.1 Å². The predicted molar refractivity (Wildman–Crippen MR) is 119 cm³/mol. The first-order chi connectivity index (χ1) is 17.4. The number of fused-ring (bicyclic) bond motifs is 1. The van der Waals surface area contributed by atoms with Gasteiger partial charge in [0.05, 0.1) is 6.10 Å². The van der Waals surface area contributed by atoms with Crippen molar-refractivity contribution < 1.29 is 41.3 Å². The molecule has 0 unspecified atom stereocenters. The smallest absolute Gasteiger partial charge is 0.417 e. The number of anilines is 1. The average molecular weight is 526 g/mol. The number of carbonyl (C=O) groups excluding carboxylic acids is 1. The number of aliphatic hydroxyl groups is 1. The third-order valence-corrected chi connectivity index (χ3v) is 7.29. The maximum atomic E-state index is 14.9. The molecule has 0 bridgehead atoms. The molecule has 1 saturated carbocycles. The number of hydrogen-bond donors (Lipinski definition) is 2. The number of halogens is 5. The topological polar surface area (TPSA) is 98.0 Å². The second-order valence-electron chi connectivity index (χ2n) is 9.60. The number of amides is 1. The summed E-state index contributed by atoms with van der Waals surface area (Å²) < 4.78 is 84.2. The fourth-order valence-corrected chi connectivity index (χ4v) is 4.86. The highest BCUT2D eigenvalue weighted by Gasteiger charge is 2.66. The number of hydrogen-bond acceptors (Lipinski definition) is 6. The molecule has 2 aromatic heterocycles. The van der Waals surface area contributed by atoms with E-state index in [2.05, 4.69) is 15.5 Å². The monoisotopic (exact) mass is 526 g/mol. The van der Waals surface area contributed by atoms with Crippen molar-refractivity contribution in [1.29, 1.82) is 0 Å². The molecule has 1 aliphatic carbocycles. The minimum Gasteiger partial charge on any atom is -0.487 e. The zero-order chi connectivity index (χ0) is 26.7. The summed E-state index contributed by atoms with van der Waals surface area (Å²) in [5.41, 5.74) is -2.29. The summed E-state index contributed by atoms with van der Waals surface area (Å²) >= 11 is 0. The Morgan fingerprint density at radius 2 is 2.00 bits per heavy atom. The Kier molecular flexibility index (Phi) is 6.10. The summed E-state index contributed by atoms with van der Waals surface area (Å²) in [7, 11) is 0. The zero-order valence-electron chi connectivity index (χ0n) is 19.7. The van der Waals surface area contributed by atoms with E-state index in [0.29, 0.717) is 5.65 Å². The molecule has 1 aliphatic heterocycles. The molecule has 1 saturated heterocycles. The van der Waals surface area contributed by atoms with Gasteiger partial charge in [-0.3, -0.25) is 9.20 Å². The maximum absolute atomic E-state index is 14.9. The van der Waals surface area contributed by atoms with Crippen LogP contribution in [0.15, 0.2) is 36.8 Å². The summed E-state index contributed by atoms with van der Waals surface area (Å²) in [5.74, 6) is -6.88. The van der Waals surface area contributed by atoms with Crippen molar-refractivity contribution in [3.05, 3.63) is 54.0 Å². The number of rotatable bonds is 5. The number of nitrogens with one attached hydrogen (secondary N) is 1. The first-order valence-corrected chi connectivity index (χ1v) is 11.6. The molecule has 8 nitrogen and oxygen atoms in total. The van der Waals surface area contributed by atoms with Gasteiger partial charge in [-0.25, -0.2) is 4.39 Å². The van der Waals surface area contributed by atoms with Crippen molar-refractivity contribution in [1.82, 2.24) is 14.6 Å². The summed E-state index contributed by atoms with van der Waals surface area (Å²) in [4.78, 5) is 13.3. The van der Waals surface area contributed by atoms with E-state index in [1.54, 1.807) is 10.6 Å². The first kappa shape index (κ1) is 25.3. The van der Waals surface area contributed by atoms with Crippen LogP contribution in [0.1, 0.15) is 38.2 Å². The third-order valence-electron chi connectivity index (χ3n) is 7.29. The van der Waals surface area contributed by atoms with E-state index in [9.17, 15) is 31.9 Å². The van der Waals surface area contributed by atoms with E-state index in [-0.39, 0.29) is 24.1 Å². The minimum atomic E-state index is -4.88. The second kappa shape index (κ2) is 8.91. The van der Waals surface area contributed by atoms with E-state index in [1.165, 1.54) is 25.4 Å². The quantitative estimate of drug-likeness (QED) is 0.488. The van der Waals surface area contributed by atoms with Gasteiger partial charge in [-0.1, -0.05) is 13.0 Å². The summed E-state index contributed by atoms with van der Waals surface area (Å²) in [6.07, 6.45) is -4.64. The molecule has 1 amide bonds. The molecule has 4 atom stereocenters. The van der Waals surface area contributed by atoms with E-state index < -0.39 is 65.2 Å². The number of aliphatic hydroxyl groups excluding tert-OH is 1. The predicted octanol–water partition coefficient (Wildman–Crippen LogP) is 3.99. The van der Waals surface area contributed by atoms with Crippen LogP contribution in [0.3, 0.4) is 0 Å². The van der Waals surface area contributed by atoms with Gasteiger partial charge >= 0.3 is 6.18 Å². The highest BCUT2D eigenvalue weighted by molar-refractivity contribution is 5.95. The van der Waals surface area contributed by atoms with Crippen molar-refractivity contribution in [2.24, 2.45) is 5.92 Å². The van der Waals surface area contributed by atoms with Crippen LogP contribution in [0.25, 0.3) is 5.65 Å². The van der Waals surface area contributed by atoms with Crippen LogP contribution in [0.5, 0.6) is 5.75 Å². The normalized spacial score (nSPS) is 29.8. The molecular weight excluding hydrogens is 503 g/mol. The number of aromatic nitrogens is 3. The average Bonchev–Trinajstić information content (AvgIpc) is 3.38. The van der Waals surface area contributed by atoms with Gasteiger partial charge in [0.25, 0.3) is 5.91 Å². The summed E-state index contributed by atoms with van der Waals surface area (Å²) in [6, 6.07) is 4.85. The molecule has 3 heterocycles. The molecule has 13 heteroatoms. The third kappa shape index (κ3) is 4.29. The second-order valence-corrected chi connectivity index (χ2v) is 9.60. The Labute approximate surface area is 207 Å². The van der Waals surface area contributed by atoms with Crippen LogP contribution in [-0.2, 0) is 9.53 Å². The van der Waals surface area contributed by atoms with Gasteiger partial charge in [-0.05, 0) is 19.1 Å². The van der Waals surface area contributed by atoms with E-state index in [0.717, 1.165) is 19.1 Å². The molecule has 2 aliphatic rings. The van der Waals surface area contributed by atoms with Gasteiger partial charge in [-0.2, -0.15) is 17.6 Å².